The third-order valence-corrected chi connectivity index (χ3v) is 3.00. The van der Waals surface area contributed by atoms with Crippen molar-refractivity contribution in [3.8, 4) is 0 Å². The van der Waals surface area contributed by atoms with Gasteiger partial charge in [0.15, 0.2) is 0 Å². The molecule has 0 aliphatic rings. The van der Waals surface area contributed by atoms with E-state index in [2.05, 4.69) is 0 Å². The van der Waals surface area contributed by atoms with Gasteiger partial charge in [-0.1, -0.05) is 42.5 Å². The molecule has 0 saturated carbocycles. The molecule has 5 nitrogen and oxygen atoms in total. The standard InChI is InChI=1S/C17H17NO4/c1-13-8-6-7-11-16(13)12-21-18(22-14(2)19)17(20)15-9-4-3-5-10-15/h3-11H,12H2,1-2H3. The third-order valence-electron chi connectivity index (χ3n) is 3.00. The topological polar surface area (TPSA) is 55.8 Å². The molecule has 22 heavy (non-hydrogen) atoms. The first-order chi connectivity index (χ1) is 10.6. The molecule has 2 aromatic rings. The lowest BCUT2D eigenvalue weighted by Crippen LogP contribution is -2.33. The van der Waals surface area contributed by atoms with Crippen LogP contribution in [0.5, 0.6) is 0 Å². The minimum Gasteiger partial charge on any atom is -0.312 e. The molecule has 0 radical (unpaired) electrons. The van der Waals surface area contributed by atoms with Gasteiger partial charge in [-0.25, -0.2) is 9.63 Å². The van der Waals surface area contributed by atoms with Crippen LogP contribution in [-0.2, 0) is 21.1 Å². The van der Waals surface area contributed by atoms with Gasteiger partial charge in [0, 0.05) is 12.5 Å². The fraction of sp³-hybridized carbons (Fsp3) is 0.176. The lowest BCUT2D eigenvalue weighted by atomic mass is 10.1. The molecule has 0 spiro atoms. The second-order valence-electron chi connectivity index (χ2n) is 4.71. The number of hydroxylamine groups is 2. The minimum atomic E-state index is -0.630. The van der Waals surface area contributed by atoms with Gasteiger partial charge in [-0.3, -0.25) is 4.79 Å². The fourth-order valence-electron chi connectivity index (χ4n) is 1.83. The van der Waals surface area contributed by atoms with Crippen molar-refractivity contribution in [2.24, 2.45) is 0 Å². The van der Waals surface area contributed by atoms with Crippen molar-refractivity contribution in [3.05, 3.63) is 71.3 Å². The maximum Gasteiger partial charge on any atom is 0.332 e. The van der Waals surface area contributed by atoms with E-state index in [1.54, 1.807) is 30.3 Å². The third kappa shape index (κ3) is 4.17. The van der Waals surface area contributed by atoms with E-state index in [1.807, 2.05) is 31.2 Å². The van der Waals surface area contributed by atoms with E-state index in [0.717, 1.165) is 11.1 Å². The summed E-state index contributed by atoms with van der Waals surface area (Å²) in [5.74, 6) is -1.17. The Labute approximate surface area is 129 Å². The van der Waals surface area contributed by atoms with Crippen molar-refractivity contribution in [1.82, 2.24) is 5.23 Å². The maximum atomic E-state index is 12.3. The Bertz CT molecular complexity index is 655. The summed E-state index contributed by atoms with van der Waals surface area (Å²) in [5.41, 5.74) is 2.30. The summed E-state index contributed by atoms with van der Waals surface area (Å²) >= 11 is 0. The number of rotatable bonds is 4. The molecule has 0 aliphatic heterocycles. The second-order valence-corrected chi connectivity index (χ2v) is 4.71. The number of carbonyl (C=O) groups is 2. The van der Waals surface area contributed by atoms with Crippen LogP contribution in [0, 0.1) is 6.92 Å². The molecule has 114 valence electrons. The van der Waals surface area contributed by atoms with E-state index in [0.29, 0.717) is 10.8 Å². The second kappa shape index (κ2) is 7.38. The van der Waals surface area contributed by atoms with E-state index >= 15 is 0 Å². The molecule has 0 saturated heterocycles. The van der Waals surface area contributed by atoms with Gasteiger partial charge < -0.3 is 4.84 Å². The number of nitrogens with zero attached hydrogens (tertiary/aromatic N) is 1. The molecule has 0 aromatic heterocycles. The molecule has 0 aliphatic carbocycles. The van der Waals surface area contributed by atoms with Crippen LogP contribution >= 0.6 is 0 Å². The van der Waals surface area contributed by atoms with Crippen LogP contribution in [0.4, 0.5) is 0 Å². The Kier molecular flexibility index (Phi) is 5.27. The Hall–Kier alpha value is -2.66. The van der Waals surface area contributed by atoms with Gasteiger partial charge in [-0.2, -0.15) is 0 Å². The first-order valence-electron chi connectivity index (χ1n) is 6.83. The SMILES string of the molecule is CC(=O)ON(OCc1ccccc1C)C(=O)c1ccccc1. The summed E-state index contributed by atoms with van der Waals surface area (Å²) in [6.45, 7) is 3.27. The molecule has 0 N–H and O–H groups in total. The van der Waals surface area contributed by atoms with Crippen molar-refractivity contribution < 1.29 is 19.3 Å². The van der Waals surface area contributed by atoms with Crippen molar-refractivity contribution in [2.45, 2.75) is 20.5 Å². The summed E-state index contributed by atoms with van der Waals surface area (Å²) in [7, 11) is 0. The Morgan fingerprint density at radius 1 is 1.00 bits per heavy atom. The fourth-order valence-corrected chi connectivity index (χ4v) is 1.83. The minimum absolute atomic E-state index is 0.124. The van der Waals surface area contributed by atoms with Crippen molar-refractivity contribution in [3.63, 3.8) is 0 Å². The van der Waals surface area contributed by atoms with Gasteiger partial charge in [-0.05, 0) is 35.4 Å². The highest BCUT2D eigenvalue weighted by atomic mass is 17.0. The molecule has 0 heterocycles. The van der Waals surface area contributed by atoms with E-state index in [-0.39, 0.29) is 6.61 Å². The Morgan fingerprint density at radius 3 is 2.27 bits per heavy atom. The first-order valence-corrected chi connectivity index (χ1v) is 6.83. The molecule has 0 fully saturated rings. The van der Waals surface area contributed by atoms with Crippen LogP contribution in [0.1, 0.15) is 28.4 Å². The highest BCUT2D eigenvalue weighted by Gasteiger charge is 2.20. The zero-order chi connectivity index (χ0) is 15.9. The lowest BCUT2D eigenvalue weighted by molar-refractivity contribution is -0.312. The Balaban J connectivity index is 2.11. The predicted molar refractivity (Wildman–Crippen MR) is 80.3 cm³/mol. The highest BCUT2D eigenvalue weighted by molar-refractivity contribution is 5.93. The molecule has 0 unspecified atom stereocenters. The average molecular weight is 299 g/mol. The van der Waals surface area contributed by atoms with Crippen LogP contribution < -0.4 is 0 Å². The maximum absolute atomic E-state index is 12.3. The molecular weight excluding hydrogens is 282 g/mol. The van der Waals surface area contributed by atoms with Crippen LogP contribution in [0.3, 0.4) is 0 Å². The summed E-state index contributed by atoms with van der Waals surface area (Å²) in [6, 6.07) is 16.1. The monoisotopic (exact) mass is 299 g/mol. The van der Waals surface area contributed by atoms with E-state index in [9.17, 15) is 9.59 Å². The van der Waals surface area contributed by atoms with Crippen LogP contribution in [0.2, 0.25) is 0 Å². The molecular formula is C17H17NO4. The zero-order valence-electron chi connectivity index (χ0n) is 12.5. The van der Waals surface area contributed by atoms with E-state index < -0.39 is 11.9 Å². The highest BCUT2D eigenvalue weighted by Crippen LogP contribution is 2.12. The van der Waals surface area contributed by atoms with Gasteiger partial charge in [0.1, 0.15) is 6.61 Å². The van der Waals surface area contributed by atoms with E-state index in [4.69, 9.17) is 9.68 Å². The first kappa shape index (κ1) is 15.7. The van der Waals surface area contributed by atoms with Crippen LogP contribution in [0.25, 0.3) is 0 Å². The smallest absolute Gasteiger partial charge is 0.312 e. The molecule has 1 amide bonds. The van der Waals surface area contributed by atoms with Crippen molar-refractivity contribution in [2.75, 3.05) is 0 Å². The summed E-state index contributed by atoms with van der Waals surface area (Å²) in [4.78, 5) is 33.7. The van der Waals surface area contributed by atoms with Crippen LogP contribution in [-0.4, -0.2) is 17.1 Å². The number of amides is 1. The van der Waals surface area contributed by atoms with Crippen molar-refractivity contribution >= 4 is 11.9 Å². The predicted octanol–water partition coefficient (Wildman–Crippen LogP) is 3.05. The normalized spacial score (nSPS) is 10.1. The number of aryl methyl sites for hydroxylation is 1. The molecule has 0 atom stereocenters. The summed E-state index contributed by atoms with van der Waals surface area (Å²) in [6.07, 6.45) is 0. The molecule has 2 aromatic carbocycles. The van der Waals surface area contributed by atoms with Crippen LogP contribution in [0.15, 0.2) is 54.6 Å². The number of hydrogen-bond acceptors (Lipinski definition) is 4. The number of carbonyl (C=O) groups excluding carboxylic acids is 2. The number of benzene rings is 2. The van der Waals surface area contributed by atoms with Crippen molar-refractivity contribution in [1.29, 1.82) is 0 Å². The van der Waals surface area contributed by atoms with Gasteiger partial charge >= 0.3 is 11.9 Å². The number of hydrogen-bond donors (Lipinski definition) is 0. The summed E-state index contributed by atoms with van der Waals surface area (Å²) < 4.78 is 0. The zero-order valence-corrected chi connectivity index (χ0v) is 12.5. The average Bonchev–Trinajstić information content (AvgIpc) is 2.52. The molecule has 2 rings (SSSR count). The van der Waals surface area contributed by atoms with Gasteiger partial charge in [-0.15, -0.1) is 0 Å². The quantitative estimate of drug-likeness (QED) is 0.814. The lowest BCUT2D eigenvalue weighted by Gasteiger charge is -2.19. The van der Waals surface area contributed by atoms with Gasteiger partial charge in [0.05, 0.1) is 0 Å². The molecule has 5 heteroatoms. The Morgan fingerprint density at radius 2 is 1.64 bits per heavy atom. The van der Waals surface area contributed by atoms with Gasteiger partial charge in [0.2, 0.25) is 0 Å². The largest absolute Gasteiger partial charge is 0.332 e. The van der Waals surface area contributed by atoms with E-state index in [1.165, 1.54) is 6.92 Å². The molecule has 0 bridgehead atoms. The van der Waals surface area contributed by atoms with Gasteiger partial charge in [0.25, 0.3) is 0 Å². The summed E-state index contributed by atoms with van der Waals surface area (Å²) in [5, 5.41) is 0.629.